The molecule has 3 nitrogen and oxygen atoms in total. The number of carbonyl (C=O) groups excluding carboxylic acids is 1. The predicted octanol–water partition coefficient (Wildman–Crippen LogP) is 3.40. The second-order valence-electron chi connectivity index (χ2n) is 10.7. The van der Waals surface area contributed by atoms with E-state index in [-0.39, 0.29) is 28.3 Å². The minimum absolute atomic E-state index is 0.00973. The Morgan fingerprint density at radius 3 is 2.88 bits per heavy atom. The maximum atomic E-state index is 12.7. The largest absolute Gasteiger partial charge is 0.488 e. The molecule has 5 unspecified atom stereocenters. The fourth-order valence-electron chi connectivity index (χ4n) is 9.34. The second-order valence-corrected chi connectivity index (χ2v) is 10.7. The summed E-state index contributed by atoms with van der Waals surface area (Å²) in [4.78, 5) is 15.4. The third-order valence-electron chi connectivity index (χ3n) is 10.2. The van der Waals surface area contributed by atoms with Crippen molar-refractivity contribution in [2.24, 2.45) is 16.7 Å². The Labute approximate surface area is 155 Å². The van der Waals surface area contributed by atoms with Crippen molar-refractivity contribution in [2.75, 3.05) is 7.05 Å². The summed E-state index contributed by atoms with van der Waals surface area (Å²) in [6.45, 7) is 6.40. The van der Waals surface area contributed by atoms with Crippen LogP contribution in [0.2, 0.25) is 0 Å². The number of hydrogen-bond donors (Lipinski definition) is 0. The number of likely N-dealkylation sites (N-methyl/N-ethyl adjacent to an activating group) is 1. The van der Waals surface area contributed by atoms with Crippen LogP contribution in [0.4, 0.5) is 0 Å². The van der Waals surface area contributed by atoms with Crippen molar-refractivity contribution in [2.45, 2.75) is 76.0 Å². The molecule has 3 spiro atoms. The highest BCUT2D eigenvalue weighted by Gasteiger charge is 2.90. The maximum Gasteiger partial charge on any atom is 0.133 e. The molecule has 26 heavy (non-hydrogen) atoms. The van der Waals surface area contributed by atoms with Crippen LogP contribution in [-0.4, -0.2) is 35.4 Å². The van der Waals surface area contributed by atoms with Gasteiger partial charge in [-0.1, -0.05) is 19.1 Å². The van der Waals surface area contributed by atoms with E-state index in [1.807, 2.05) is 6.92 Å². The van der Waals surface area contributed by atoms with E-state index >= 15 is 0 Å². The van der Waals surface area contributed by atoms with Crippen LogP contribution in [-0.2, 0) is 16.6 Å². The first-order valence-electron chi connectivity index (χ1n) is 10.3. The van der Waals surface area contributed by atoms with E-state index in [2.05, 4.69) is 37.9 Å². The number of likely N-dealkylation sites (tertiary alicyclic amines) is 1. The zero-order chi connectivity index (χ0) is 17.9. The highest BCUT2D eigenvalue weighted by molar-refractivity contribution is 5.81. The lowest BCUT2D eigenvalue weighted by atomic mass is 9.37. The summed E-state index contributed by atoms with van der Waals surface area (Å²) in [5.41, 5.74) is 5.13. The van der Waals surface area contributed by atoms with Crippen LogP contribution in [0.5, 0.6) is 5.75 Å². The first-order valence-corrected chi connectivity index (χ1v) is 10.3. The Morgan fingerprint density at radius 2 is 2.12 bits per heavy atom. The molecule has 4 bridgehead atoms. The molecule has 0 amide bonds. The Balaban J connectivity index is 1.60. The Bertz CT molecular complexity index is 938. The van der Waals surface area contributed by atoms with Crippen LogP contribution in [0.1, 0.15) is 56.2 Å². The Morgan fingerprint density at radius 1 is 1.31 bits per heavy atom. The van der Waals surface area contributed by atoms with E-state index in [4.69, 9.17) is 4.74 Å². The first-order chi connectivity index (χ1) is 12.3. The van der Waals surface area contributed by atoms with E-state index in [1.54, 1.807) is 11.1 Å². The molecular formula is C23H27NO2. The predicted molar refractivity (Wildman–Crippen MR) is 98.4 cm³/mol. The van der Waals surface area contributed by atoms with Gasteiger partial charge in [0.2, 0.25) is 0 Å². The first kappa shape index (κ1) is 14.7. The van der Waals surface area contributed by atoms with Gasteiger partial charge in [0.1, 0.15) is 17.6 Å². The van der Waals surface area contributed by atoms with Gasteiger partial charge in [-0.25, -0.2) is 0 Å². The molecule has 8 rings (SSSR count). The van der Waals surface area contributed by atoms with E-state index < -0.39 is 0 Å². The molecule has 1 aromatic carbocycles. The van der Waals surface area contributed by atoms with Crippen molar-refractivity contribution < 1.29 is 9.53 Å². The summed E-state index contributed by atoms with van der Waals surface area (Å²) in [6, 6.07) is 5.30. The van der Waals surface area contributed by atoms with Crippen molar-refractivity contribution in [1.82, 2.24) is 4.90 Å². The third kappa shape index (κ3) is 1.07. The summed E-state index contributed by atoms with van der Waals surface area (Å²) in [5.74, 6) is 1.74. The smallest absolute Gasteiger partial charge is 0.133 e. The molecule has 0 N–H and O–H groups in total. The van der Waals surface area contributed by atoms with Crippen LogP contribution < -0.4 is 4.74 Å². The lowest BCUT2D eigenvalue weighted by Crippen LogP contribution is -2.70. The average Bonchev–Trinajstić information content (AvgIpc) is 2.92. The highest BCUT2D eigenvalue weighted by atomic mass is 16.5. The van der Waals surface area contributed by atoms with Gasteiger partial charge in [-0.3, -0.25) is 9.69 Å². The summed E-state index contributed by atoms with van der Waals surface area (Å²) >= 11 is 0. The zero-order valence-corrected chi connectivity index (χ0v) is 16.2. The summed E-state index contributed by atoms with van der Waals surface area (Å²) in [6.07, 6.45) is 6.14. The van der Waals surface area contributed by atoms with E-state index in [0.717, 1.165) is 12.8 Å². The van der Waals surface area contributed by atoms with Crippen molar-refractivity contribution in [3.05, 3.63) is 28.8 Å². The molecule has 2 heterocycles. The number of fused-ring (bicyclic) bond motifs is 2. The van der Waals surface area contributed by atoms with Gasteiger partial charge >= 0.3 is 0 Å². The molecule has 1 aromatic rings. The van der Waals surface area contributed by atoms with Gasteiger partial charge in [0.25, 0.3) is 0 Å². The van der Waals surface area contributed by atoms with Gasteiger partial charge in [0.05, 0.1) is 0 Å². The van der Waals surface area contributed by atoms with Crippen LogP contribution in [0, 0.1) is 23.7 Å². The molecule has 7 aliphatic rings. The normalized spacial score (nSPS) is 56.0. The van der Waals surface area contributed by atoms with Crippen molar-refractivity contribution >= 4 is 5.78 Å². The van der Waals surface area contributed by atoms with Gasteiger partial charge in [-0.15, -0.1) is 0 Å². The van der Waals surface area contributed by atoms with Crippen LogP contribution >= 0.6 is 0 Å². The SMILES string of the molecule is CC(=O)C1CC23CCC1(C)C1Oc4c(C)ccc5c4[C@@]12CC1(C5)[C@H]3[N@]1C. The van der Waals surface area contributed by atoms with Crippen molar-refractivity contribution in [1.29, 1.82) is 0 Å². The Kier molecular flexibility index (Phi) is 2.06. The number of benzene rings is 1. The monoisotopic (exact) mass is 349 g/mol. The number of ether oxygens (including phenoxy) is 1. The molecule has 1 saturated heterocycles. The average molecular weight is 349 g/mol. The van der Waals surface area contributed by atoms with Gasteiger partial charge < -0.3 is 4.74 Å². The quantitative estimate of drug-likeness (QED) is 0.728. The lowest BCUT2D eigenvalue weighted by Gasteiger charge is -2.66. The van der Waals surface area contributed by atoms with E-state index in [1.165, 1.54) is 30.6 Å². The number of aryl methyl sites for hydroxylation is 1. The highest BCUT2D eigenvalue weighted by Crippen LogP contribution is 2.85. The number of carbonyl (C=O) groups is 1. The fourth-order valence-corrected chi connectivity index (χ4v) is 9.34. The topological polar surface area (TPSA) is 29.3 Å². The zero-order valence-electron chi connectivity index (χ0n) is 16.2. The molecule has 5 aliphatic carbocycles. The number of hydrogen-bond acceptors (Lipinski definition) is 3. The van der Waals surface area contributed by atoms with Crippen LogP contribution in [0.25, 0.3) is 0 Å². The van der Waals surface area contributed by atoms with Gasteiger partial charge in [-0.05, 0) is 64.1 Å². The summed E-state index contributed by atoms with van der Waals surface area (Å²) in [5, 5.41) is 0. The summed E-state index contributed by atoms with van der Waals surface area (Å²) < 4.78 is 6.90. The van der Waals surface area contributed by atoms with Crippen LogP contribution in [0.3, 0.4) is 0 Å². The Hall–Kier alpha value is -1.35. The van der Waals surface area contributed by atoms with Crippen LogP contribution in [0.15, 0.2) is 12.1 Å². The molecular weight excluding hydrogens is 322 g/mol. The molecule has 2 aliphatic heterocycles. The van der Waals surface area contributed by atoms with Crippen molar-refractivity contribution in [3.63, 3.8) is 0 Å². The molecule has 0 aromatic heterocycles. The third-order valence-corrected chi connectivity index (χ3v) is 10.2. The van der Waals surface area contributed by atoms with E-state index in [9.17, 15) is 4.79 Å². The van der Waals surface area contributed by atoms with Gasteiger partial charge in [0.15, 0.2) is 0 Å². The molecule has 3 heteroatoms. The summed E-state index contributed by atoms with van der Waals surface area (Å²) in [7, 11) is 2.34. The number of Topliss-reactive ketones (excluding diaryl/α,β-unsaturated/α-hetero) is 1. The molecule has 5 fully saturated rings. The van der Waals surface area contributed by atoms with E-state index in [0.29, 0.717) is 17.4 Å². The fraction of sp³-hybridized carbons (Fsp3) is 0.696. The minimum Gasteiger partial charge on any atom is -0.488 e. The maximum absolute atomic E-state index is 12.7. The van der Waals surface area contributed by atoms with Gasteiger partial charge in [-0.2, -0.15) is 0 Å². The standard InChI is InChI=1S/C23H27NO2/c1-12-5-6-14-9-22-11-23-16(14)17(12)26-19(23)20(3)7-8-21(23,18(22)24(22)4)10-15(20)13(2)25/h5-6,15,18-19H,7-11H2,1-4H3/t15?,18-,19?,20?,21?,22?,23-,24-/m0/s1. The molecule has 0 radical (unpaired) electrons. The second kappa shape index (κ2) is 3.65. The minimum atomic E-state index is -0.00973. The molecule has 4 saturated carbocycles. The van der Waals surface area contributed by atoms with Gasteiger partial charge in [0, 0.05) is 39.3 Å². The molecule has 136 valence electrons. The number of rotatable bonds is 1. The number of nitrogens with zero attached hydrogens (tertiary/aromatic N) is 1. The molecule has 8 atom stereocenters. The number of ketones is 1. The lowest BCUT2D eigenvalue weighted by molar-refractivity contribution is -0.187. The number of piperidine rings is 1. The van der Waals surface area contributed by atoms with Crippen molar-refractivity contribution in [3.8, 4) is 5.75 Å².